The van der Waals surface area contributed by atoms with E-state index < -0.39 is 34.7 Å². The molecule has 4 nitrogen and oxygen atoms in total. The fourth-order valence-corrected chi connectivity index (χ4v) is 1.74. The largest absolute Gasteiger partial charge is 0.455 e. The number of carbonyl (C=O) groups excluding carboxylic acids is 2. The van der Waals surface area contributed by atoms with Crippen molar-refractivity contribution in [2.75, 3.05) is 0 Å². The molecule has 0 rings (SSSR count). The molecule has 0 amide bonds. The lowest BCUT2D eigenvalue weighted by Gasteiger charge is -2.44. The molecule has 0 bridgehead atoms. The Morgan fingerprint density at radius 3 is 1.75 bits per heavy atom. The van der Waals surface area contributed by atoms with Gasteiger partial charge in [-0.3, -0.25) is 9.59 Å². The summed E-state index contributed by atoms with van der Waals surface area (Å²) in [6.07, 6.45) is -4.66. The van der Waals surface area contributed by atoms with E-state index in [0.717, 1.165) is 20.8 Å². The van der Waals surface area contributed by atoms with Crippen molar-refractivity contribution in [1.82, 2.24) is 0 Å². The molecule has 0 aliphatic heterocycles. The van der Waals surface area contributed by atoms with Gasteiger partial charge < -0.3 is 9.47 Å². The standard InChI is InChI=1S/C17H29F3O4/c1-9-14(4,5)13(22)24-15(6,7)16(8,17(18,19)20)23-12(21)10-11(2)3/h11H,9-10H2,1-8H3. The van der Waals surface area contributed by atoms with Crippen molar-refractivity contribution in [1.29, 1.82) is 0 Å². The molecule has 0 heterocycles. The molecule has 1 atom stereocenters. The molecule has 0 radical (unpaired) electrons. The van der Waals surface area contributed by atoms with Gasteiger partial charge in [-0.25, -0.2) is 0 Å². The van der Waals surface area contributed by atoms with Gasteiger partial charge in [0.25, 0.3) is 0 Å². The number of hydrogen-bond donors (Lipinski definition) is 0. The first kappa shape index (κ1) is 22.7. The number of rotatable bonds is 7. The third-order valence-electron chi connectivity index (χ3n) is 4.37. The van der Waals surface area contributed by atoms with Gasteiger partial charge in [0.1, 0.15) is 0 Å². The van der Waals surface area contributed by atoms with Crippen molar-refractivity contribution >= 4 is 11.9 Å². The van der Waals surface area contributed by atoms with Gasteiger partial charge in [-0.15, -0.1) is 0 Å². The van der Waals surface area contributed by atoms with Gasteiger partial charge in [0.15, 0.2) is 5.60 Å². The quantitative estimate of drug-likeness (QED) is 0.624. The highest BCUT2D eigenvalue weighted by atomic mass is 19.4. The first-order valence-corrected chi connectivity index (χ1v) is 8.02. The van der Waals surface area contributed by atoms with Gasteiger partial charge in [-0.05, 0) is 47.0 Å². The topological polar surface area (TPSA) is 52.6 Å². The van der Waals surface area contributed by atoms with E-state index in [0.29, 0.717) is 6.42 Å². The van der Waals surface area contributed by atoms with Gasteiger partial charge in [0, 0.05) is 6.42 Å². The molecule has 0 aromatic carbocycles. The van der Waals surface area contributed by atoms with Crippen LogP contribution in [0.5, 0.6) is 0 Å². The Hall–Kier alpha value is -1.27. The van der Waals surface area contributed by atoms with Crippen LogP contribution >= 0.6 is 0 Å². The van der Waals surface area contributed by atoms with Crippen LogP contribution in [0.1, 0.15) is 68.2 Å². The second kappa shape index (κ2) is 7.31. The van der Waals surface area contributed by atoms with Crippen molar-refractivity contribution < 1.29 is 32.2 Å². The Morgan fingerprint density at radius 2 is 1.42 bits per heavy atom. The molecule has 0 saturated carbocycles. The van der Waals surface area contributed by atoms with Crippen molar-refractivity contribution in [2.45, 2.75) is 85.6 Å². The summed E-state index contributed by atoms with van der Waals surface area (Å²) in [5.74, 6) is -1.91. The molecule has 142 valence electrons. The first-order valence-electron chi connectivity index (χ1n) is 8.02. The third-order valence-corrected chi connectivity index (χ3v) is 4.37. The molecule has 1 unspecified atom stereocenters. The number of carbonyl (C=O) groups is 2. The number of esters is 2. The van der Waals surface area contributed by atoms with Crippen LogP contribution in [0.15, 0.2) is 0 Å². The molecular weight excluding hydrogens is 325 g/mol. The van der Waals surface area contributed by atoms with Crippen LogP contribution in [-0.2, 0) is 19.1 Å². The molecule has 0 fully saturated rings. The lowest BCUT2D eigenvalue weighted by atomic mass is 9.84. The van der Waals surface area contributed by atoms with E-state index in [1.54, 1.807) is 34.6 Å². The summed E-state index contributed by atoms with van der Waals surface area (Å²) in [5, 5.41) is 0. The minimum atomic E-state index is -4.90. The lowest BCUT2D eigenvalue weighted by Crippen LogP contribution is -2.62. The fraction of sp³-hybridized carbons (Fsp3) is 0.882. The number of ether oxygens (including phenoxy) is 2. The SMILES string of the molecule is CCC(C)(C)C(=O)OC(C)(C)C(C)(OC(=O)CC(C)C)C(F)(F)F. The van der Waals surface area contributed by atoms with Crippen LogP contribution in [-0.4, -0.2) is 29.3 Å². The second-order valence-corrected chi connectivity index (χ2v) is 7.74. The Morgan fingerprint density at radius 1 is 0.958 bits per heavy atom. The van der Waals surface area contributed by atoms with Gasteiger partial charge in [-0.2, -0.15) is 13.2 Å². The molecule has 0 saturated heterocycles. The predicted molar refractivity (Wildman–Crippen MR) is 84.3 cm³/mol. The minimum Gasteiger partial charge on any atom is -0.455 e. The van der Waals surface area contributed by atoms with E-state index in [2.05, 4.69) is 0 Å². The Balaban J connectivity index is 5.65. The normalized spacial score (nSPS) is 15.8. The van der Waals surface area contributed by atoms with Crippen LogP contribution in [0.3, 0.4) is 0 Å². The Labute approximate surface area is 142 Å². The first-order chi connectivity index (χ1) is 10.5. The highest BCUT2D eigenvalue weighted by Crippen LogP contribution is 2.44. The Bertz CT molecular complexity index is 467. The summed E-state index contributed by atoms with van der Waals surface area (Å²) in [7, 11) is 0. The van der Waals surface area contributed by atoms with Crippen LogP contribution in [0.2, 0.25) is 0 Å². The lowest BCUT2D eigenvalue weighted by molar-refractivity contribution is -0.313. The summed E-state index contributed by atoms with van der Waals surface area (Å²) in [5.41, 5.74) is -5.97. The monoisotopic (exact) mass is 354 g/mol. The fourth-order valence-electron chi connectivity index (χ4n) is 1.74. The zero-order chi connectivity index (χ0) is 19.6. The average Bonchev–Trinajstić information content (AvgIpc) is 2.35. The van der Waals surface area contributed by atoms with Gasteiger partial charge in [0.2, 0.25) is 5.60 Å². The van der Waals surface area contributed by atoms with Gasteiger partial charge >= 0.3 is 18.1 Å². The third kappa shape index (κ3) is 5.11. The van der Waals surface area contributed by atoms with Gasteiger partial charge in [0.05, 0.1) is 5.41 Å². The molecule has 0 aliphatic rings. The van der Waals surface area contributed by atoms with Crippen LogP contribution in [0, 0.1) is 11.3 Å². The predicted octanol–water partition coefficient (Wildman–Crippen LogP) is 4.65. The zero-order valence-corrected chi connectivity index (χ0v) is 15.8. The van der Waals surface area contributed by atoms with E-state index in [-0.39, 0.29) is 12.3 Å². The zero-order valence-electron chi connectivity index (χ0n) is 15.8. The van der Waals surface area contributed by atoms with Crippen molar-refractivity contribution in [2.24, 2.45) is 11.3 Å². The van der Waals surface area contributed by atoms with Crippen molar-refractivity contribution in [3.05, 3.63) is 0 Å². The summed E-state index contributed by atoms with van der Waals surface area (Å²) in [6.45, 7) is 11.2. The maximum atomic E-state index is 13.7. The average molecular weight is 354 g/mol. The summed E-state index contributed by atoms with van der Waals surface area (Å²) in [4.78, 5) is 24.1. The molecule has 0 N–H and O–H groups in total. The molecule has 24 heavy (non-hydrogen) atoms. The molecule has 0 aromatic rings. The van der Waals surface area contributed by atoms with Gasteiger partial charge in [-0.1, -0.05) is 20.8 Å². The van der Waals surface area contributed by atoms with Crippen LogP contribution in [0.4, 0.5) is 13.2 Å². The van der Waals surface area contributed by atoms with Crippen LogP contribution < -0.4 is 0 Å². The smallest absolute Gasteiger partial charge is 0.432 e. The molecular formula is C17H29F3O4. The molecule has 0 aliphatic carbocycles. The highest BCUT2D eigenvalue weighted by Gasteiger charge is 2.65. The summed E-state index contributed by atoms with van der Waals surface area (Å²) < 4.78 is 50.9. The minimum absolute atomic E-state index is 0.153. The highest BCUT2D eigenvalue weighted by molar-refractivity contribution is 5.76. The van der Waals surface area contributed by atoms with Crippen molar-refractivity contribution in [3.8, 4) is 0 Å². The maximum Gasteiger partial charge on any atom is 0.432 e. The molecule has 0 spiro atoms. The summed E-state index contributed by atoms with van der Waals surface area (Å²) in [6, 6.07) is 0. The molecule has 0 aromatic heterocycles. The maximum absolute atomic E-state index is 13.7. The van der Waals surface area contributed by atoms with E-state index in [1.807, 2.05) is 0 Å². The summed E-state index contributed by atoms with van der Waals surface area (Å²) >= 11 is 0. The number of hydrogen-bond acceptors (Lipinski definition) is 4. The van der Waals surface area contributed by atoms with E-state index in [1.165, 1.54) is 0 Å². The number of halogens is 3. The Kier molecular flexibility index (Phi) is 6.93. The van der Waals surface area contributed by atoms with E-state index in [4.69, 9.17) is 9.47 Å². The van der Waals surface area contributed by atoms with Crippen LogP contribution in [0.25, 0.3) is 0 Å². The second-order valence-electron chi connectivity index (χ2n) is 7.74. The van der Waals surface area contributed by atoms with Crippen molar-refractivity contribution in [3.63, 3.8) is 0 Å². The number of alkyl halides is 3. The van der Waals surface area contributed by atoms with E-state index >= 15 is 0 Å². The van der Waals surface area contributed by atoms with E-state index in [9.17, 15) is 22.8 Å². The molecule has 7 heteroatoms.